The van der Waals surface area contributed by atoms with E-state index in [1.54, 1.807) is 0 Å². The Morgan fingerprint density at radius 2 is 0.788 bits per heavy atom. The fourth-order valence-electron chi connectivity index (χ4n) is 8.81. The van der Waals surface area contributed by atoms with Crippen molar-refractivity contribution < 1.29 is 0 Å². The summed E-state index contributed by atoms with van der Waals surface area (Å²) in [4.78, 5) is 5.28. The molecule has 66 heavy (non-hydrogen) atoms. The fourth-order valence-corrected chi connectivity index (χ4v) is 8.81. The van der Waals surface area contributed by atoms with E-state index in [0.29, 0.717) is 0 Å². The Bertz CT molecular complexity index is 1950. The SMILES string of the molecule is CC(C)=CCC/C(C)=C/CC/C(C)=C/CC/C(C)=C/CC/C(C)=C/CC/C(C)=C/CC/C(C)=C/CC/C(C)=C/CC/C(C)=C/CN1CCN(CCCNCc2cccc3ccccc23)CC1. The zero-order chi connectivity index (χ0) is 47.8. The third-order valence-corrected chi connectivity index (χ3v) is 13.5. The Hall–Kier alpha value is -3.76. The van der Waals surface area contributed by atoms with Gasteiger partial charge in [0.2, 0.25) is 0 Å². The van der Waals surface area contributed by atoms with E-state index < -0.39 is 0 Å². The van der Waals surface area contributed by atoms with Gasteiger partial charge >= 0.3 is 0 Å². The van der Waals surface area contributed by atoms with Gasteiger partial charge in [-0.25, -0.2) is 0 Å². The monoisotopic (exact) mass is 896 g/mol. The molecule has 0 unspecified atom stereocenters. The Kier molecular flexibility index (Phi) is 29.6. The first-order valence-corrected chi connectivity index (χ1v) is 26.4. The van der Waals surface area contributed by atoms with Gasteiger partial charge in [-0.2, -0.15) is 0 Å². The van der Waals surface area contributed by atoms with Gasteiger partial charge in [0.1, 0.15) is 0 Å². The van der Waals surface area contributed by atoms with Gasteiger partial charge in [-0.3, -0.25) is 4.90 Å². The highest BCUT2D eigenvalue weighted by molar-refractivity contribution is 5.85. The van der Waals surface area contributed by atoms with Crippen LogP contribution in [-0.2, 0) is 6.54 Å². The number of nitrogens with one attached hydrogen (secondary N) is 1. The lowest BCUT2D eigenvalue weighted by atomic mass is 10.0. The minimum atomic E-state index is 0.944. The maximum atomic E-state index is 3.69. The summed E-state index contributed by atoms with van der Waals surface area (Å²) in [5, 5.41) is 6.39. The van der Waals surface area contributed by atoms with Gasteiger partial charge in [-0.15, -0.1) is 0 Å². The van der Waals surface area contributed by atoms with Gasteiger partial charge in [0.05, 0.1) is 0 Å². The molecule has 1 N–H and O–H groups in total. The van der Waals surface area contributed by atoms with Crippen molar-refractivity contribution in [2.45, 2.75) is 185 Å². The van der Waals surface area contributed by atoms with Crippen molar-refractivity contribution in [3.8, 4) is 0 Å². The van der Waals surface area contributed by atoms with Crippen molar-refractivity contribution in [2.24, 2.45) is 0 Å². The van der Waals surface area contributed by atoms with E-state index in [9.17, 15) is 0 Å². The second-order valence-electron chi connectivity index (χ2n) is 20.3. The molecule has 1 aliphatic heterocycles. The van der Waals surface area contributed by atoms with E-state index in [0.717, 1.165) is 58.2 Å². The van der Waals surface area contributed by atoms with E-state index in [1.807, 2.05) is 0 Å². The van der Waals surface area contributed by atoms with Crippen LogP contribution in [0.1, 0.15) is 184 Å². The second-order valence-corrected chi connectivity index (χ2v) is 20.3. The molecular formula is C63H97N3. The van der Waals surface area contributed by atoms with Crippen LogP contribution in [0.15, 0.2) is 147 Å². The largest absolute Gasteiger partial charge is 0.313 e. The van der Waals surface area contributed by atoms with Gasteiger partial charge in [0.15, 0.2) is 0 Å². The van der Waals surface area contributed by atoms with Crippen LogP contribution >= 0.6 is 0 Å². The van der Waals surface area contributed by atoms with Crippen LogP contribution in [-0.4, -0.2) is 55.6 Å². The van der Waals surface area contributed by atoms with E-state index in [2.05, 4.69) is 182 Å². The van der Waals surface area contributed by atoms with Gasteiger partial charge in [-0.05, 0) is 208 Å². The molecule has 2 aromatic carbocycles. The minimum absolute atomic E-state index is 0.944. The lowest BCUT2D eigenvalue weighted by molar-refractivity contribution is 0.141. The number of hydrogen-bond acceptors (Lipinski definition) is 3. The van der Waals surface area contributed by atoms with Gasteiger partial charge < -0.3 is 10.2 Å². The molecule has 3 heteroatoms. The van der Waals surface area contributed by atoms with Crippen LogP contribution in [0.3, 0.4) is 0 Å². The predicted molar refractivity (Wildman–Crippen MR) is 297 cm³/mol. The number of benzene rings is 2. The van der Waals surface area contributed by atoms with E-state index in [-0.39, 0.29) is 0 Å². The number of allylic oxidation sites excluding steroid dienone is 17. The summed E-state index contributed by atoms with van der Waals surface area (Å²) in [7, 11) is 0. The van der Waals surface area contributed by atoms with Crippen LogP contribution in [0.2, 0.25) is 0 Å². The van der Waals surface area contributed by atoms with Crippen molar-refractivity contribution in [2.75, 3.05) is 45.8 Å². The number of hydrogen-bond donors (Lipinski definition) is 1. The molecule has 0 amide bonds. The summed E-state index contributed by atoms with van der Waals surface area (Å²) in [5.74, 6) is 0. The van der Waals surface area contributed by atoms with Crippen LogP contribution in [0.25, 0.3) is 10.8 Å². The molecule has 1 fully saturated rings. The molecule has 0 aromatic heterocycles. The predicted octanol–water partition coefficient (Wildman–Crippen LogP) is 17.7. The normalized spacial score (nSPS) is 15.9. The number of nitrogens with zero attached hydrogens (tertiary/aromatic N) is 2. The van der Waals surface area contributed by atoms with Gasteiger partial charge in [-0.1, -0.05) is 147 Å². The smallest absolute Gasteiger partial charge is 0.0211 e. The lowest BCUT2D eigenvalue weighted by Gasteiger charge is -2.34. The molecule has 3 rings (SSSR count). The van der Waals surface area contributed by atoms with Crippen molar-refractivity contribution in [1.29, 1.82) is 0 Å². The van der Waals surface area contributed by atoms with Gasteiger partial charge in [0, 0.05) is 39.3 Å². The molecule has 0 spiro atoms. The van der Waals surface area contributed by atoms with Crippen LogP contribution in [0, 0.1) is 0 Å². The molecule has 0 bridgehead atoms. The van der Waals surface area contributed by atoms with E-state index in [4.69, 9.17) is 0 Å². The first kappa shape index (κ1) is 56.6. The molecule has 0 aliphatic carbocycles. The maximum absolute atomic E-state index is 3.69. The summed E-state index contributed by atoms with van der Waals surface area (Å²) in [6.07, 6.45) is 42.0. The highest BCUT2D eigenvalue weighted by atomic mass is 15.3. The van der Waals surface area contributed by atoms with Gasteiger partial charge in [0.25, 0.3) is 0 Å². The molecule has 1 saturated heterocycles. The molecule has 364 valence electrons. The number of rotatable bonds is 32. The Morgan fingerprint density at radius 1 is 0.424 bits per heavy atom. The average molecular weight is 896 g/mol. The van der Waals surface area contributed by atoms with Crippen molar-refractivity contribution in [3.05, 3.63) is 153 Å². The fraction of sp³-hybridized carbons (Fsp3) is 0.556. The molecule has 0 atom stereocenters. The topological polar surface area (TPSA) is 18.5 Å². The van der Waals surface area contributed by atoms with E-state index >= 15 is 0 Å². The summed E-state index contributed by atoms with van der Waals surface area (Å²) in [6.45, 7) is 31.9. The van der Waals surface area contributed by atoms with Crippen LogP contribution in [0.4, 0.5) is 0 Å². The summed E-state index contributed by atoms with van der Waals surface area (Å²) in [6, 6.07) is 15.3. The van der Waals surface area contributed by atoms with Crippen molar-refractivity contribution >= 4 is 10.8 Å². The molecule has 1 heterocycles. The second kappa shape index (κ2) is 34.5. The van der Waals surface area contributed by atoms with E-state index in [1.165, 1.54) is 170 Å². The summed E-state index contributed by atoms with van der Waals surface area (Å²) in [5.41, 5.74) is 15.1. The number of fused-ring (bicyclic) bond motifs is 1. The third-order valence-electron chi connectivity index (χ3n) is 13.5. The Labute approximate surface area is 407 Å². The highest BCUT2D eigenvalue weighted by Crippen LogP contribution is 2.20. The summed E-state index contributed by atoms with van der Waals surface area (Å²) < 4.78 is 0. The standard InChI is InChI=1S/C63H97N3/c1-52(2)23-13-24-53(3)25-14-26-54(4)27-15-28-55(5)29-16-30-56(6)31-17-32-57(7)33-18-34-58(8)35-19-36-59(9)37-20-38-60(10)43-46-66-49-47-65(48-50-66)45-22-44-64-51-62-41-21-40-61-39-11-12-42-63(61)62/h11-12,21,23,25,27,29,31,33,35,37,39-43,64H,13-20,22,24,26,28,30,32,34,36,38,44-51H2,1-10H3/b53-25+,54-27+,55-29+,56-31+,57-33+,58-35+,59-37+,60-43+. The first-order valence-electron chi connectivity index (χ1n) is 26.4. The van der Waals surface area contributed by atoms with Crippen LogP contribution < -0.4 is 5.32 Å². The highest BCUT2D eigenvalue weighted by Gasteiger charge is 2.15. The Balaban J connectivity index is 1.17. The molecule has 3 nitrogen and oxygen atoms in total. The lowest BCUT2D eigenvalue weighted by Crippen LogP contribution is -2.46. The minimum Gasteiger partial charge on any atom is -0.313 e. The zero-order valence-electron chi connectivity index (χ0n) is 44.3. The first-order chi connectivity index (χ1) is 31.9. The third kappa shape index (κ3) is 27.2. The summed E-state index contributed by atoms with van der Waals surface area (Å²) >= 11 is 0. The molecule has 1 aliphatic rings. The molecule has 0 saturated carbocycles. The van der Waals surface area contributed by atoms with Crippen molar-refractivity contribution in [1.82, 2.24) is 15.1 Å². The quantitative estimate of drug-likeness (QED) is 0.0583. The zero-order valence-corrected chi connectivity index (χ0v) is 44.3. The average Bonchev–Trinajstić information content (AvgIpc) is 3.28. The Morgan fingerprint density at radius 3 is 1.21 bits per heavy atom. The molecule has 2 aromatic rings. The number of piperazine rings is 1. The molecule has 0 radical (unpaired) electrons. The maximum Gasteiger partial charge on any atom is 0.0211 e. The van der Waals surface area contributed by atoms with Crippen molar-refractivity contribution in [3.63, 3.8) is 0 Å². The van der Waals surface area contributed by atoms with Crippen LogP contribution in [0.5, 0.6) is 0 Å². The molecular weight excluding hydrogens is 799 g/mol.